The van der Waals surface area contributed by atoms with Crippen LogP contribution in [0.5, 0.6) is 17.2 Å². The molecular weight excluding hydrogens is 364 g/mol. The van der Waals surface area contributed by atoms with E-state index in [4.69, 9.17) is 9.29 Å². The lowest BCUT2D eigenvalue weighted by molar-refractivity contribution is 0.446. The van der Waals surface area contributed by atoms with Crippen LogP contribution in [-0.4, -0.2) is 18.1 Å². The molecule has 0 bridgehead atoms. The number of unbranched alkanes of at least 4 members (excludes halogenated alkanes) is 6. The van der Waals surface area contributed by atoms with Crippen molar-refractivity contribution in [1.82, 2.24) is 0 Å². The van der Waals surface area contributed by atoms with Crippen LogP contribution < -0.4 is 4.74 Å². The van der Waals surface area contributed by atoms with Crippen molar-refractivity contribution in [2.45, 2.75) is 63.2 Å². The molecule has 0 radical (unpaired) electrons. The predicted octanol–water partition coefficient (Wildman–Crippen LogP) is 5.72. The highest BCUT2D eigenvalue weighted by atomic mass is 32.2. The summed E-state index contributed by atoms with van der Waals surface area (Å²) in [5, 5.41) is 9.65. The van der Waals surface area contributed by atoms with Crippen LogP contribution in [0.1, 0.15) is 57.4 Å². The Morgan fingerprint density at radius 1 is 0.889 bits per heavy atom. The van der Waals surface area contributed by atoms with Crippen LogP contribution in [0.2, 0.25) is 0 Å². The molecule has 0 saturated carbocycles. The smallest absolute Gasteiger partial charge is 0.294 e. The second-order valence-corrected chi connectivity index (χ2v) is 8.18. The Hall–Kier alpha value is -2.05. The van der Waals surface area contributed by atoms with Crippen LogP contribution in [-0.2, 0) is 16.5 Å². The first kappa shape index (κ1) is 21.3. The first-order chi connectivity index (χ1) is 12.9. The molecule has 2 aromatic carbocycles. The van der Waals surface area contributed by atoms with E-state index in [0.717, 1.165) is 24.5 Å². The maximum absolute atomic E-state index is 11.3. The Bertz CT molecular complexity index is 830. The molecule has 0 fully saturated rings. The number of phenolic OH excluding ortho intramolecular Hbond substituents is 1. The molecule has 2 aromatic rings. The molecule has 0 amide bonds. The summed E-state index contributed by atoms with van der Waals surface area (Å²) in [7, 11) is -4.41. The number of benzene rings is 2. The van der Waals surface area contributed by atoms with Gasteiger partial charge in [0.05, 0.1) is 0 Å². The van der Waals surface area contributed by atoms with Crippen molar-refractivity contribution >= 4 is 10.1 Å². The zero-order valence-electron chi connectivity index (χ0n) is 15.7. The molecule has 0 saturated heterocycles. The highest BCUT2D eigenvalue weighted by Gasteiger charge is 2.13. The molecule has 5 nitrogen and oxygen atoms in total. The molecule has 148 valence electrons. The van der Waals surface area contributed by atoms with E-state index in [1.165, 1.54) is 50.7 Å². The van der Waals surface area contributed by atoms with E-state index in [-0.39, 0.29) is 11.5 Å². The molecule has 0 heterocycles. The van der Waals surface area contributed by atoms with E-state index >= 15 is 0 Å². The van der Waals surface area contributed by atoms with Gasteiger partial charge in [-0.25, -0.2) is 0 Å². The minimum atomic E-state index is -4.41. The first-order valence-corrected chi connectivity index (χ1v) is 10.9. The lowest BCUT2D eigenvalue weighted by atomic mass is 10.0. The molecule has 0 aliphatic heterocycles. The van der Waals surface area contributed by atoms with E-state index in [1.54, 1.807) is 6.07 Å². The molecule has 2 rings (SSSR count). The predicted molar refractivity (Wildman–Crippen MR) is 106 cm³/mol. The number of hydrogen-bond acceptors (Lipinski definition) is 4. The fourth-order valence-electron chi connectivity index (χ4n) is 2.95. The Balaban J connectivity index is 1.93. The summed E-state index contributed by atoms with van der Waals surface area (Å²) in [4.78, 5) is -0.406. The second kappa shape index (κ2) is 10.3. The average molecular weight is 393 g/mol. The van der Waals surface area contributed by atoms with Gasteiger partial charge in [0.25, 0.3) is 10.1 Å². The fourth-order valence-corrected chi connectivity index (χ4v) is 3.49. The van der Waals surface area contributed by atoms with Gasteiger partial charge >= 0.3 is 0 Å². The Morgan fingerprint density at radius 3 is 2.30 bits per heavy atom. The quantitative estimate of drug-likeness (QED) is 0.377. The first-order valence-electron chi connectivity index (χ1n) is 9.47. The third kappa shape index (κ3) is 7.61. The van der Waals surface area contributed by atoms with Crippen molar-refractivity contribution in [3.8, 4) is 17.2 Å². The molecule has 0 aromatic heterocycles. The largest absolute Gasteiger partial charge is 0.508 e. The number of ether oxygens (including phenoxy) is 1. The Kier molecular flexibility index (Phi) is 8.13. The number of aryl methyl sites for hydroxylation is 1. The maximum atomic E-state index is 11.3. The normalized spacial score (nSPS) is 11.5. The zero-order valence-corrected chi connectivity index (χ0v) is 16.5. The summed E-state index contributed by atoms with van der Waals surface area (Å²) in [6, 6.07) is 11.1. The van der Waals surface area contributed by atoms with Crippen molar-refractivity contribution in [3.63, 3.8) is 0 Å². The maximum Gasteiger partial charge on any atom is 0.294 e. The number of rotatable bonds is 11. The molecule has 0 aliphatic carbocycles. The lowest BCUT2D eigenvalue weighted by Gasteiger charge is -2.09. The van der Waals surface area contributed by atoms with Crippen molar-refractivity contribution in [2.24, 2.45) is 0 Å². The van der Waals surface area contributed by atoms with E-state index in [2.05, 4.69) is 6.92 Å². The van der Waals surface area contributed by atoms with Crippen LogP contribution in [0, 0.1) is 0 Å². The molecule has 0 spiro atoms. The van der Waals surface area contributed by atoms with Gasteiger partial charge in [0.1, 0.15) is 22.1 Å². The van der Waals surface area contributed by atoms with Crippen molar-refractivity contribution in [3.05, 3.63) is 48.0 Å². The van der Waals surface area contributed by atoms with Crippen molar-refractivity contribution < 1.29 is 22.8 Å². The van der Waals surface area contributed by atoms with Gasteiger partial charge in [-0.2, -0.15) is 8.42 Å². The van der Waals surface area contributed by atoms with E-state index in [0.29, 0.717) is 5.75 Å². The molecule has 2 N–H and O–H groups in total. The number of hydrogen-bond donors (Lipinski definition) is 2. The van der Waals surface area contributed by atoms with Crippen LogP contribution in [0.25, 0.3) is 0 Å². The molecule has 0 aliphatic rings. The van der Waals surface area contributed by atoms with Crippen molar-refractivity contribution in [2.75, 3.05) is 0 Å². The minimum absolute atomic E-state index is 0.149. The summed E-state index contributed by atoms with van der Waals surface area (Å²) in [6.45, 7) is 2.22. The van der Waals surface area contributed by atoms with Crippen LogP contribution >= 0.6 is 0 Å². The van der Waals surface area contributed by atoms with Gasteiger partial charge in [0.15, 0.2) is 0 Å². The van der Waals surface area contributed by atoms with E-state index in [9.17, 15) is 13.5 Å². The Labute approximate surface area is 161 Å². The molecule has 27 heavy (non-hydrogen) atoms. The molecular formula is C21H28O5S. The summed E-state index contributed by atoms with van der Waals surface area (Å²) in [5.41, 5.74) is 1.15. The van der Waals surface area contributed by atoms with Gasteiger partial charge in [0.2, 0.25) is 0 Å². The SMILES string of the molecule is CCCCCCCCCc1cccc(Oc2cc(O)cc(S(=O)(=O)O)c2)c1. The molecule has 6 heteroatoms. The standard InChI is InChI=1S/C21H28O5S/c1-2-3-4-5-6-7-8-10-17-11-9-12-19(13-17)26-20-14-18(22)15-21(16-20)27(23,24)25/h9,11-16,22H,2-8,10H2,1H3,(H,23,24,25). The third-order valence-corrected chi connectivity index (χ3v) is 5.20. The summed E-state index contributed by atoms with van der Waals surface area (Å²) >= 11 is 0. The number of phenols is 1. The van der Waals surface area contributed by atoms with Gasteiger partial charge in [-0.15, -0.1) is 0 Å². The summed E-state index contributed by atoms with van der Waals surface area (Å²) < 4.78 is 37.3. The topological polar surface area (TPSA) is 83.8 Å². The van der Waals surface area contributed by atoms with Gasteiger partial charge in [-0.3, -0.25) is 4.55 Å². The number of aromatic hydroxyl groups is 1. The summed E-state index contributed by atoms with van der Waals surface area (Å²) in [5.74, 6) is 0.414. The average Bonchev–Trinajstić information content (AvgIpc) is 2.60. The third-order valence-electron chi connectivity index (χ3n) is 4.37. The Morgan fingerprint density at radius 2 is 1.59 bits per heavy atom. The monoisotopic (exact) mass is 392 g/mol. The van der Waals surface area contributed by atoms with Crippen LogP contribution in [0.4, 0.5) is 0 Å². The molecule has 0 unspecified atom stereocenters. The lowest BCUT2D eigenvalue weighted by Crippen LogP contribution is -1.98. The van der Waals surface area contributed by atoms with Gasteiger partial charge in [-0.1, -0.05) is 57.6 Å². The van der Waals surface area contributed by atoms with E-state index < -0.39 is 15.0 Å². The fraction of sp³-hybridized carbons (Fsp3) is 0.429. The summed E-state index contributed by atoms with van der Waals surface area (Å²) in [6.07, 6.45) is 9.73. The zero-order chi connectivity index (χ0) is 19.7. The highest BCUT2D eigenvalue weighted by molar-refractivity contribution is 7.85. The van der Waals surface area contributed by atoms with Gasteiger partial charge in [-0.05, 0) is 30.5 Å². The van der Waals surface area contributed by atoms with E-state index in [1.807, 2.05) is 18.2 Å². The van der Waals surface area contributed by atoms with Gasteiger partial charge < -0.3 is 9.84 Å². The van der Waals surface area contributed by atoms with Crippen LogP contribution in [0.15, 0.2) is 47.4 Å². The highest BCUT2D eigenvalue weighted by Crippen LogP contribution is 2.29. The van der Waals surface area contributed by atoms with Gasteiger partial charge in [0, 0.05) is 18.2 Å². The van der Waals surface area contributed by atoms with Crippen molar-refractivity contribution in [1.29, 1.82) is 0 Å². The van der Waals surface area contributed by atoms with Crippen LogP contribution in [0.3, 0.4) is 0 Å². The second-order valence-electron chi connectivity index (χ2n) is 6.76. The minimum Gasteiger partial charge on any atom is -0.508 e. The molecule has 0 atom stereocenters.